The number of hydrogen-bond acceptors (Lipinski definition) is 17. The molecule has 19 nitrogen and oxygen atoms in total. The number of tetrazole rings is 1. The number of ether oxygens (including phenoxy) is 2. The minimum absolute atomic E-state index is 0. The average Bonchev–Trinajstić information content (AvgIpc) is 3.73. The van der Waals surface area contributed by atoms with E-state index >= 15 is 0 Å². The first-order valence-corrected chi connectivity index (χ1v) is 18.3. The topological polar surface area (TPSA) is 260 Å². The van der Waals surface area contributed by atoms with Crippen molar-refractivity contribution in [2.45, 2.75) is 42.8 Å². The van der Waals surface area contributed by atoms with Gasteiger partial charge in [-0.3, -0.25) is 18.9 Å². The van der Waals surface area contributed by atoms with Crippen molar-refractivity contribution in [1.29, 1.82) is 0 Å². The van der Waals surface area contributed by atoms with Crippen LogP contribution in [0.1, 0.15) is 36.8 Å². The van der Waals surface area contributed by atoms with Crippen LogP contribution >= 0.6 is 23.1 Å². The third kappa shape index (κ3) is 10.2. The van der Waals surface area contributed by atoms with E-state index in [1.807, 2.05) is 12.1 Å². The molecule has 1 fully saturated rings. The predicted octanol–water partition coefficient (Wildman–Crippen LogP) is 0.266. The van der Waals surface area contributed by atoms with Crippen LogP contribution in [0.4, 0.5) is 5.13 Å². The van der Waals surface area contributed by atoms with E-state index in [2.05, 4.69) is 31.0 Å². The fourth-order valence-electron chi connectivity index (χ4n) is 4.65. The molecule has 1 aliphatic heterocycles. The van der Waals surface area contributed by atoms with Gasteiger partial charge in [0.1, 0.15) is 24.4 Å². The van der Waals surface area contributed by atoms with Gasteiger partial charge >= 0.3 is 51.8 Å². The summed E-state index contributed by atoms with van der Waals surface area (Å²) in [5.41, 5.74) is 4.71. The molecule has 3 heterocycles. The number of nitrogens with one attached hydrogen (secondary N) is 1. The van der Waals surface area contributed by atoms with Gasteiger partial charge < -0.3 is 25.4 Å². The van der Waals surface area contributed by atoms with Crippen molar-refractivity contribution < 1.29 is 46.5 Å². The Morgan fingerprint density at radius 1 is 1.11 bits per heavy atom. The van der Waals surface area contributed by atoms with Crippen molar-refractivity contribution in [3.05, 3.63) is 82.9 Å². The number of esters is 2. The van der Waals surface area contributed by atoms with Crippen LogP contribution in [0.3, 0.4) is 0 Å². The molecule has 2 atom stereocenters. The third-order valence-corrected chi connectivity index (χ3v) is 9.89. The molecule has 0 spiro atoms. The molecule has 0 bridgehead atoms. The van der Waals surface area contributed by atoms with E-state index in [0.29, 0.717) is 16.3 Å². The van der Waals surface area contributed by atoms with Gasteiger partial charge in [-0.15, -0.1) is 16.4 Å². The molecule has 23 heteroatoms. The van der Waals surface area contributed by atoms with Crippen LogP contribution in [0, 0.1) is 0 Å². The van der Waals surface area contributed by atoms with E-state index in [9.17, 15) is 32.1 Å². The number of hydrogen-bond donors (Lipinski definition) is 3. The van der Waals surface area contributed by atoms with Crippen LogP contribution < -0.4 is 11.1 Å². The van der Waals surface area contributed by atoms with Crippen molar-refractivity contribution in [1.82, 2.24) is 34.8 Å². The summed E-state index contributed by atoms with van der Waals surface area (Å²) in [6.45, 7) is 1.99. The van der Waals surface area contributed by atoms with Crippen LogP contribution in [0.2, 0.25) is 0 Å². The predicted molar refractivity (Wildman–Crippen MR) is 191 cm³/mol. The molecule has 53 heavy (non-hydrogen) atoms. The Labute approximate surface area is 332 Å². The number of nitrogens with two attached hydrogens (primary N) is 1. The van der Waals surface area contributed by atoms with Crippen molar-refractivity contribution in [3.8, 4) is 0 Å². The van der Waals surface area contributed by atoms with Crippen LogP contribution in [0.5, 0.6) is 0 Å². The number of nitrogen functional groups attached to an aromatic ring is 1. The van der Waals surface area contributed by atoms with E-state index in [0.717, 1.165) is 23.1 Å². The molecule has 5 rings (SSSR count). The van der Waals surface area contributed by atoms with Gasteiger partial charge in [0.15, 0.2) is 16.9 Å². The Balaban J connectivity index is 0.00000627. The van der Waals surface area contributed by atoms with E-state index in [4.69, 9.17) is 20.0 Å². The summed E-state index contributed by atoms with van der Waals surface area (Å²) in [5.74, 6) is -4.30. The number of aryl methyl sites for hydroxylation is 1. The molecule has 2 aromatic heterocycles. The zero-order valence-corrected chi connectivity index (χ0v) is 30.0. The third-order valence-electron chi connectivity index (χ3n) is 7.29. The Kier molecular flexibility index (Phi) is 13.7. The van der Waals surface area contributed by atoms with E-state index in [-0.39, 0.29) is 50.4 Å². The summed E-state index contributed by atoms with van der Waals surface area (Å²) >= 11 is 1.88. The number of oxime groups is 1. The summed E-state index contributed by atoms with van der Waals surface area (Å²) in [5, 5.41) is 18.7. The minimum atomic E-state index is -5.12. The fraction of sp³-hybridized carbons (Fsp3) is 0.300. The van der Waals surface area contributed by atoms with Crippen LogP contribution in [0.25, 0.3) is 0 Å². The SMILES string of the molecule is Cn1nnnc1SCC(=O)OCC1C(NC(=O)/C(=N\OC(C)(C)C(=O)OC(c2ccccc2)c2ccccc2)c2csc(N)n2)C(=O)N1S(=O)(=O)O.[NaH]. The van der Waals surface area contributed by atoms with E-state index in [1.165, 1.54) is 23.9 Å². The molecule has 1 aliphatic rings. The fourth-order valence-corrected chi connectivity index (χ4v) is 6.71. The molecule has 0 saturated carbocycles. The summed E-state index contributed by atoms with van der Waals surface area (Å²) in [4.78, 5) is 62.0. The standard InChI is InChI=1S/C30H31N9O10S3.Na.H/c1-30(2,27(43)48-24(17-10-6-4-7-11-17)18-12-8-5-9-13-18)49-35-22(19-15-50-28(31)32-19)25(41)33-23-20(39(26(23)42)52(44,45)46)14-47-21(40)16-51-29-34-36-37-38(29)3;;/h4-13,15,20,23-24H,14,16H2,1-3H3,(H2,31,32)(H,33,41)(H,44,45,46);;/b35-22-;;. The summed E-state index contributed by atoms with van der Waals surface area (Å²) in [7, 11) is -3.57. The molecule has 4 aromatic rings. The second-order valence-corrected chi connectivity index (χ2v) is 14.5. The van der Waals surface area contributed by atoms with Gasteiger partial charge in [0.05, 0.1) is 5.75 Å². The van der Waals surface area contributed by atoms with Crippen LogP contribution in [-0.2, 0) is 50.8 Å². The van der Waals surface area contributed by atoms with Crippen molar-refractivity contribution in [2.24, 2.45) is 12.2 Å². The first-order valence-electron chi connectivity index (χ1n) is 15.1. The summed E-state index contributed by atoms with van der Waals surface area (Å²) in [6.07, 6.45) is -0.813. The Hall–Kier alpha value is -4.45. The average molecular weight is 798 g/mol. The van der Waals surface area contributed by atoms with Crippen molar-refractivity contribution in [3.63, 3.8) is 0 Å². The Morgan fingerprint density at radius 3 is 2.26 bits per heavy atom. The number of carbonyl (C=O) groups excluding carboxylic acids is 4. The number of benzene rings is 2. The van der Waals surface area contributed by atoms with Gasteiger partial charge in [0.25, 0.3) is 11.8 Å². The number of rotatable bonds is 15. The van der Waals surface area contributed by atoms with Gasteiger partial charge in [0, 0.05) is 12.4 Å². The number of nitrogens with zero attached hydrogens (tertiary/aromatic N) is 7. The number of carbonyl (C=O) groups is 4. The molecule has 2 aromatic carbocycles. The molecule has 276 valence electrons. The van der Waals surface area contributed by atoms with E-state index in [1.54, 1.807) is 55.6 Å². The second kappa shape index (κ2) is 17.6. The maximum absolute atomic E-state index is 13.6. The monoisotopic (exact) mass is 797 g/mol. The van der Waals surface area contributed by atoms with Gasteiger partial charge in [0.2, 0.25) is 10.8 Å². The van der Waals surface area contributed by atoms with Crippen LogP contribution in [0.15, 0.2) is 76.4 Å². The van der Waals surface area contributed by atoms with Crippen molar-refractivity contribution >= 4 is 97.6 Å². The molecular weight excluding hydrogens is 766 g/mol. The van der Waals surface area contributed by atoms with Gasteiger partial charge in [-0.1, -0.05) is 77.6 Å². The molecule has 1 saturated heterocycles. The number of thiazole rings is 1. The number of thioether (sulfide) groups is 1. The van der Waals surface area contributed by atoms with E-state index < -0.39 is 70.2 Å². The first-order chi connectivity index (χ1) is 24.7. The van der Waals surface area contributed by atoms with Crippen LogP contribution in [-0.4, -0.2) is 132 Å². The quantitative estimate of drug-likeness (QED) is 0.0277. The number of anilines is 1. The molecule has 0 radical (unpaired) electrons. The summed E-state index contributed by atoms with van der Waals surface area (Å²) in [6, 6.07) is 14.8. The molecule has 0 aliphatic carbocycles. The van der Waals surface area contributed by atoms with Gasteiger partial charge in [-0.05, 0) is 35.4 Å². The molecule has 4 N–H and O–H groups in total. The number of aromatic nitrogens is 5. The molecule has 2 unspecified atom stereocenters. The van der Waals surface area contributed by atoms with Gasteiger partial charge in [-0.25, -0.2) is 18.8 Å². The van der Waals surface area contributed by atoms with Crippen molar-refractivity contribution in [2.75, 3.05) is 18.1 Å². The zero-order valence-electron chi connectivity index (χ0n) is 27.6. The maximum atomic E-state index is 13.6. The first kappa shape index (κ1) is 41.3. The number of amides is 2. The zero-order chi connectivity index (χ0) is 37.6. The number of β-lactam (4-membered cyclic amide) rings is 1. The normalized spacial score (nSPS) is 16.0. The Bertz CT molecular complexity index is 2040. The summed E-state index contributed by atoms with van der Waals surface area (Å²) < 4.78 is 46.0. The molecular formula is C30H32N9NaO10S3. The second-order valence-electron chi connectivity index (χ2n) is 11.4. The van der Waals surface area contributed by atoms with Gasteiger partial charge in [-0.2, -0.15) is 8.42 Å². The Morgan fingerprint density at radius 2 is 1.74 bits per heavy atom. The molecule has 2 amide bonds.